The minimum atomic E-state index is -5.03. The van der Waals surface area contributed by atoms with Gasteiger partial charge in [-0.05, 0) is 6.07 Å². The molecule has 8 heteroatoms. The number of alkyl halides is 5. The van der Waals surface area contributed by atoms with Crippen LogP contribution in [0.25, 0.3) is 0 Å². The van der Waals surface area contributed by atoms with Crippen LogP contribution in [0.3, 0.4) is 0 Å². The highest BCUT2D eigenvalue weighted by molar-refractivity contribution is 5.50. The summed E-state index contributed by atoms with van der Waals surface area (Å²) in [5.41, 5.74) is 1.29. The van der Waals surface area contributed by atoms with Crippen LogP contribution in [0.1, 0.15) is 23.2 Å². The van der Waals surface area contributed by atoms with E-state index in [1.54, 1.807) is 0 Å². The third kappa shape index (κ3) is 2.18. The Bertz CT molecular complexity index is 446. The van der Waals surface area contributed by atoms with Gasteiger partial charge in [-0.3, -0.25) is 0 Å². The first-order chi connectivity index (χ1) is 7.27. The van der Waals surface area contributed by atoms with E-state index in [4.69, 9.17) is 11.0 Å². The fourth-order valence-corrected chi connectivity index (χ4v) is 1.12. The molecule has 0 fully saturated rings. The zero-order chi connectivity index (χ0) is 12.5. The molecule has 1 aromatic heterocycles. The van der Waals surface area contributed by atoms with E-state index < -0.39 is 35.2 Å². The van der Waals surface area contributed by atoms with Gasteiger partial charge < -0.3 is 5.73 Å². The largest absolute Gasteiger partial charge is 0.420 e. The summed E-state index contributed by atoms with van der Waals surface area (Å²) in [6, 6.07) is 1.73. The lowest BCUT2D eigenvalue weighted by Crippen LogP contribution is -2.15. The fourth-order valence-electron chi connectivity index (χ4n) is 1.12. The van der Waals surface area contributed by atoms with E-state index in [1.807, 2.05) is 0 Å². The molecule has 0 spiro atoms. The number of nitrogen functional groups attached to an aromatic ring is 1. The Hall–Kier alpha value is -1.91. The molecule has 0 atom stereocenters. The molecule has 0 amide bonds. The van der Waals surface area contributed by atoms with Crippen LogP contribution in [0.15, 0.2) is 6.07 Å². The van der Waals surface area contributed by atoms with Crippen molar-refractivity contribution in [3.05, 3.63) is 22.9 Å². The summed E-state index contributed by atoms with van der Waals surface area (Å²) in [6.45, 7) is 0. The zero-order valence-electron chi connectivity index (χ0n) is 7.52. The van der Waals surface area contributed by atoms with Crippen molar-refractivity contribution in [1.82, 2.24) is 4.98 Å². The standard InChI is InChI=1S/C8H4F5N3/c9-6(10)4-1-3(2-14)16-7(15)5(4)8(11,12)13/h1,6H,(H2,15,16). The number of aromatic nitrogens is 1. The topological polar surface area (TPSA) is 62.7 Å². The summed E-state index contributed by atoms with van der Waals surface area (Å²) in [4.78, 5) is 3.06. The molecule has 86 valence electrons. The first-order valence-electron chi connectivity index (χ1n) is 3.83. The molecule has 0 aromatic carbocycles. The highest BCUT2D eigenvalue weighted by Gasteiger charge is 2.39. The summed E-state index contributed by atoms with van der Waals surface area (Å²) in [5.74, 6) is -1.12. The number of nitrogens with zero attached hydrogens (tertiary/aromatic N) is 2. The lowest BCUT2D eigenvalue weighted by molar-refractivity contribution is -0.139. The van der Waals surface area contributed by atoms with Crippen LogP contribution in [0.4, 0.5) is 27.8 Å². The Balaban J connectivity index is 3.54. The monoisotopic (exact) mass is 237 g/mol. The molecule has 0 saturated heterocycles. The molecule has 1 aromatic rings. The lowest BCUT2D eigenvalue weighted by Gasteiger charge is -2.14. The normalized spacial score (nSPS) is 11.6. The van der Waals surface area contributed by atoms with Crippen molar-refractivity contribution in [1.29, 1.82) is 5.26 Å². The van der Waals surface area contributed by atoms with Gasteiger partial charge in [0.15, 0.2) is 0 Å². The van der Waals surface area contributed by atoms with Gasteiger partial charge in [0.05, 0.1) is 0 Å². The quantitative estimate of drug-likeness (QED) is 0.763. The van der Waals surface area contributed by atoms with Crippen LogP contribution in [0.5, 0.6) is 0 Å². The second-order valence-electron chi connectivity index (χ2n) is 2.77. The predicted molar refractivity (Wildman–Crippen MR) is 43.3 cm³/mol. The number of hydrogen-bond donors (Lipinski definition) is 1. The van der Waals surface area contributed by atoms with Crippen LogP contribution >= 0.6 is 0 Å². The highest BCUT2D eigenvalue weighted by atomic mass is 19.4. The number of halogens is 5. The van der Waals surface area contributed by atoms with Crippen LogP contribution in [0, 0.1) is 11.3 Å². The first kappa shape index (κ1) is 12.2. The first-order valence-corrected chi connectivity index (χ1v) is 3.83. The molecule has 3 nitrogen and oxygen atoms in total. The van der Waals surface area contributed by atoms with Gasteiger partial charge in [-0.2, -0.15) is 18.4 Å². The molecular weight excluding hydrogens is 233 g/mol. The van der Waals surface area contributed by atoms with Gasteiger partial charge in [-0.15, -0.1) is 0 Å². The van der Waals surface area contributed by atoms with Crippen molar-refractivity contribution in [3.8, 4) is 6.07 Å². The number of nitrogens with two attached hydrogens (primary N) is 1. The Kier molecular flexibility index (Phi) is 2.98. The van der Waals surface area contributed by atoms with Crippen molar-refractivity contribution in [2.45, 2.75) is 12.6 Å². The van der Waals surface area contributed by atoms with E-state index in [0.717, 1.165) is 0 Å². The number of pyridine rings is 1. The van der Waals surface area contributed by atoms with E-state index in [2.05, 4.69) is 4.98 Å². The third-order valence-corrected chi connectivity index (χ3v) is 1.71. The van der Waals surface area contributed by atoms with E-state index in [9.17, 15) is 22.0 Å². The zero-order valence-corrected chi connectivity index (χ0v) is 7.52. The average molecular weight is 237 g/mol. The van der Waals surface area contributed by atoms with Gasteiger partial charge in [0.1, 0.15) is 23.1 Å². The maximum Gasteiger partial charge on any atom is 0.420 e. The molecule has 0 aliphatic heterocycles. The summed E-state index contributed by atoms with van der Waals surface area (Å²) in [7, 11) is 0. The Morgan fingerprint density at radius 3 is 2.31 bits per heavy atom. The maximum atomic E-state index is 12.4. The van der Waals surface area contributed by atoms with Crippen LogP contribution in [-0.4, -0.2) is 4.98 Å². The van der Waals surface area contributed by atoms with Crippen LogP contribution in [-0.2, 0) is 6.18 Å². The number of hydrogen-bond acceptors (Lipinski definition) is 3. The SMILES string of the molecule is N#Cc1cc(C(F)F)c(C(F)(F)F)c(N)n1. The molecule has 0 saturated carbocycles. The molecule has 1 heterocycles. The summed E-state index contributed by atoms with van der Waals surface area (Å²) >= 11 is 0. The maximum absolute atomic E-state index is 12.4. The highest BCUT2D eigenvalue weighted by Crippen LogP contribution is 2.39. The third-order valence-electron chi connectivity index (χ3n) is 1.71. The van der Waals surface area contributed by atoms with E-state index >= 15 is 0 Å². The van der Waals surface area contributed by atoms with E-state index in [1.165, 1.54) is 6.07 Å². The van der Waals surface area contributed by atoms with Gasteiger partial charge in [-0.25, -0.2) is 13.8 Å². The second-order valence-corrected chi connectivity index (χ2v) is 2.77. The minimum absolute atomic E-state index is 0.379. The number of nitriles is 1. The average Bonchev–Trinajstić information content (AvgIpc) is 2.14. The van der Waals surface area contributed by atoms with Crippen molar-refractivity contribution >= 4 is 5.82 Å². The fraction of sp³-hybridized carbons (Fsp3) is 0.250. The molecule has 0 aliphatic rings. The molecule has 0 radical (unpaired) electrons. The Labute approximate surface area is 86.3 Å². The van der Waals surface area contributed by atoms with Gasteiger partial charge in [0.2, 0.25) is 0 Å². The molecule has 1 rings (SSSR count). The number of anilines is 1. The smallest absolute Gasteiger partial charge is 0.383 e. The predicted octanol–water partition coefficient (Wildman–Crippen LogP) is 2.49. The molecule has 0 aliphatic carbocycles. The second kappa shape index (κ2) is 3.92. The van der Waals surface area contributed by atoms with Crippen molar-refractivity contribution in [2.24, 2.45) is 0 Å². The summed E-state index contributed by atoms with van der Waals surface area (Å²) in [6.07, 6.45) is -8.41. The number of rotatable bonds is 1. The summed E-state index contributed by atoms with van der Waals surface area (Å²) in [5, 5.41) is 8.37. The van der Waals surface area contributed by atoms with Crippen molar-refractivity contribution < 1.29 is 22.0 Å². The van der Waals surface area contributed by atoms with Gasteiger partial charge in [-0.1, -0.05) is 0 Å². The van der Waals surface area contributed by atoms with Gasteiger partial charge in [0.25, 0.3) is 6.43 Å². The molecule has 0 unspecified atom stereocenters. The lowest BCUT2D eigenvalue weighted by atomic mass is 10.1. The van der Waals surface area contributed by atoms with Crippen LogP contribution in [0.2, 0.25) is 0 Å². The van der Waals surface area contributed by atoms with E-state index in [-0.39, 0.29) is 0 Å². The minimum Gasteiger partial charge on any atom is -0.383 e. The molecule has 0 bridgehead atoms. The molecule has 2 N–H and O–H groups in total. The van der Waals surface area contributed by atoms with Crippen molar-refractivity contribution in [3.63, 3.8) is 0 Å². The summed E-state index contributed by atoms with van der Waals surface area (Å²) < 4.78 is 61.8. The Morgan fingerprint density at radius 2 is 1.94 bits per heavy atom. The van der Waals surface area contributed by atoms with Crippen molar-refractivity contribution in [2.75, 3.05) is 5.73 Å². The molecule has 16 heavy (non-hydrogen) atoms. The van der Waals surface area contributed by atoms with Gasteiger partial charge in [0, 0.05) is 5.56 Å². The van der Waals surface area contributed by atoms with E-state index in [0.29, 0.717) is 6.07 Å². The van der Waals surface area contributed by atoms with Gasteiger partial charge >= 0.3 is 6.18 Å². The van der Waals surface area contributed by atoms with Crippen LogP contribution < -0.4 is 5.73 Å². The Morgan fingerprint density at radius 1 is 1.38 bits per heavy atom. The molecular formula is C8H4F5N3.